The van der Waals surface area contributed by atoms with Gasteiger partial charge in [0.2, 0.25) is 10.0 Å². The zero-order valence-electron chi connectivity index (χ0n) is 12.9. The summed E-state index contributed by atoms with van der Waals surface area (Å²) < 4.78 is 32.5. The molecular weight excluding hydrogens is 312 g/mol. The summed E-state index contributed by atoms with van der Waals surface area (Å²) in [6, 6.07) is -0.190. The van der Waals surface area contributed by atoms with Crippen LogP contribution in [0.15, 0.2) is 4.90 Å². The molecule has 2 N–H and O–H groups in total. The molecule has 8 heteroatoms. The maximum Gasteiger partial charge on any atom is 0.355 e. The number of sulfonamides is 1. The van der Waals surface area contributed by atoms with Crippen molar-refractivity contribution in [3.63, 3.8) is 0 Å². The number of aromatic amines is 1. The molecule has 0 aliphatic heterocycles. The minimum absolute atomic E-state index is 0.124. The molecule has 0 aromatic carbocycles. The van der Waals surface area contributed by atoms with Crippen LogP contribution in [0.5, 0.6) is 0 Å². The Morgan fingerprint density at radius 2 is 2.05 bits per heavy atom. The first kappa shape index (κ1) is 18.1. The zero-order valence-corrected chi connectivity index (χ0v) is 14.6. The normalized spacial score (nSPS) is 13.2. The third kappa shape index (κ3) is 4.24. The molecule has 1 unspecified atom stereocenters. The number of thioether (sulfide) groups is 1. The van der Waals surface area contributed by atoms with Crippen LogP contribution in [-0.4, -0.2) is 44.0 Å². The Morgan fingerprint density at radius 1 is 1.43 bits per heavy atom. The largest absolute Gasteiger partial charge is 0.461 e. The summed E-state index contributed by atoms with van der Waals surface area (Å²) in [5, 5.41) is 0. The molecule has 0 radical (unpaired) electrons. The maximum atomic E-state index is 12.5. The average molecular weight is 334 g/mol. The first-order chi connectivity index (χ1) is 9.74. The number of aryl methyl sites for hydroxylation is 1. The predicted octanol–water partition coefficient (Wildman–Crippen LogP) is 1.84. The van der Waals surface area contributed by atoms with Crippen LogP contribution in [0, 0.1) is 13.8 Å². The molecule has 0 aliphatic carbocycles. The summed E-state index contributed by atoms with van der Waals surface area (Å²) in [4.78, 5) is 14.7. The second-order valence-corrected chi connectivity index (χ2v) is 7.34. The van der Waals surface area contributed by atoms with E-state index in [2.05, 4.69) is 9.71 Å². The molecule has 0 saturated heterocycles. The van der Waals surface area contributed by atoms with Crippen LogP contribution in [0.25, 0.3) is 0 Å². The van der Waals surface area contributed by atoms with E-state index in [4.69, 9.17) is 4.74 Å². The fraction of sp³-hybridized carbons (Fsp3) is 0.615. The van der Waals surface area contributed by atoms with Gasteiger partial charge in [-0.1, -0.05) is 0 Å². The van der Waals surface area contributed by atoms with Gasteiger partial charge in [0.15, 0.2) is 0 Å². The Kier molecular flexibility index (Phi) is 6.30. The molecule has 0 fully saturated rings. The Bertz CT molecular complexity index is 608. The van der Waals surface area contributed by atoms with Gasteiger partial charge in [-0.15, -0.1) is 0 Å². The lowest BCUT2D eigenvalue weighted by atomic mass is 10.2. The zero-order chi connectivity index (χ0) is 16.2. The Hall–Kier alpha value is -0.990. The second kappa shape index (κ2) is 7.33. The van der Waals surface area contributed by atoms with Gasteiger partial charge in [-0.05, 0) is 34.0 Å². The second-order valence-electron chi connectivity index (χ2n) is 4.78. The van der Waals surface area contributed by atoms with E-state index in [0.29, 0.717) is 17.0 Å². The van der Waals surface area contributed by atoms with E-state index in [9.17, 15) is 13.2 Å². The van der Waals surface area contributed by atoms with Crippen LogP contribution >= 0.6 is 11.8 Å². The topological polar surface area (TPSA) is 88.3 Å². The molecule has 1 atom stereocenters. The molecule has 21 heavy (non-hydrogen) atoms. The number of hydrogen-bond acceptors (Lipinski definition) is 5. The molecular formula is C13H22N2O4S2. The van der Waals surface area contributed by atoms with Crippen LogP contribution in [0.3, 0.4) is 0 Å². The number of carbonyl (C=O) groups excluding carboxylic acids is 1. The van der Waals surface area contributed by atoms with Gasteiger partial charge < -0.3 is 9.72 Å². The van der Waals surface area contributed by atoms with E-state index in [0.717, 1.165) is 0 Å². The van der Waals surface area contributed by atoms with Crippen molar-refractivity contribution in [2.45, 2.75) is 38.6 Å². The van der Waals surface area contributed by atoms with E-state index in [1.54, 1.807) is 39.5 Å². The van der Waals surface area contributed by atoms with Crippen molar-refractivity contribution < 1.29 is 17.9 Å². The lowest BCUT2D eigenvalue weighted by molar-refractivity contribution is 0.0519. The summed E-state index contributed by atoms with van der Waals surface area (Å²) >= 11 is 1.56. The monoisotopic (exact) mass is 334 g/mol. The first-order valence-electron chi connectivity index (χ1n) is 6.62. The van der Waals surface area contributed by atoms with E-state index in [-0.39, 0.29) is 23.2 Å². The molecule has 1 rings (SSSR count). The number of ether oxygens (including phenoxy) is 1. The fourth-order valence-corrected chi connectivity index (χ4v) is 4.53. The van der Waals surface area contributed by atoms with Gasteiger partial charge in [-0.25, -0.2) is 17.9 Å². The molecule has 6 nitrogen and oxygen atoms in total. The molecule has 1 heterocycles. The first-order valence-corrected chi connectivity index (χ1v) is 9.49. The van der Waals surface area contributed by atoms with E-state index in [1.165, 1.54) is 0 Å². The Balaban J connectivity index is 3.16. The molecule has 0 amide bonds. The molecule has 1 aromatic rings. The Labute approximate surface area is 130 Å². The van der Waals surface area contributed by atoms with Crippen LogP contribution < -0.4 is 4.72 Å². The van der Waals surface area contributed by atoms with E-state index in [1.807, 2.05) is 6.26 Å². The summed E-state index contributed by atoms with van der Waals surface area (Å²) in [7, 11) is -3.67. The lowest BCUT2D eigenvalue weighted by Gasteiger charge is -2.13. The highest BCUT2D eigenvalue weighted by molar-refractivity contribution is 7.98. The van der Waals surface area contributed by atoms with Crippen LogP contribution in [-0.2, 0) is 14.8 Å². The SMILES string of the molecule is CCOC(=O)c1[nH]c(C)c(S(=O)(=O)NC(C)CSC)c1C. The third-order valence-corrected chi connectivity index (χ3v) is 5.59. The number of rotatable bonds is 7. The summed E-state index contributed by atoms with van der Waals surface area (Å²) in [6.07, 6.45) is 1.91. The molecule has 0 spiro atoms. The molecule has 0 aliphatic rings. The standard InChI is InChI=1S/C13H22N2O4S2/c1-6-19-13(16)11-9(3)12(10(4)14-11)21(17,18)15-8(2)7-20-5/h8,14-15H,6-7H2,1-5H3. The van der Waals surface area contributed by atoms with Gasteiger partial charge in [0.25, 0.3) is 0 Å². The quantitative estimate of drug-likeness (QED) is 0.743. The summed E-state index contributed by atoms with van der Waals surface area (Å²) in [5.41, 5.74) is 1.00. The van der Waals surface area contributed by atoms with Gasteiger partial charge in [0, 0.05) is 23.1 Å². The predicted molar refractivity (Wildman–Crippen MR) is 84.4 cm³/mol. The lowest BCUT2D eigenvalue weighted by Crippen LogP contribution is -2.34. The highest BCUT2D eigenvalue weighted by Gasteiger charge is 2.28. The number of carbonyl (C=O) groups is 1. The number of H-pyrrole nitrogens is 1. The Morgan fingerprint density at radius 3 is 2.57 bits per heavy atom. The fourth-order valence-electron chi connectivity index (χ4n) is 2.15. The van der Waals surface area contributed by atoms with Crippen LogP contribution in [0.2, 0.25) is 0 Å². The van der Waals surface area contributed by atoms with Crippen molar-refractivity contribution >= 4 is 27.8 Å². The van der Waals surface area contributed by atoms with Gasteiger partial charge >= 0.3 is 5.97 Å². The smallest absolute Gasteiger partial charge is 0.355 e. The van der Waals surface area contributed by atoms with Crippen molar-refractivity contribution in [3.05, 3.63) is 17.0 Å². The van der Waals surface area contributed by atoms with E-state index >= 15 is 0 Å². The van der Waals surface area contributed by atoms with E-state index < -0.39 is 16.0 Å². The number of nitrogens with one attached hydrogen (secondary N) is 2. The summed E-state index contributed by atoms with van der Waals surface area (Å²) in [6.45, 7) is 6.97. The minimum atomic E-state index is -3.67. The van der Waals surface area contributed by atoms with Gasteiger partial charge in [-0.3, -0.25) is 0 Å². The number of hydrogen-bond donors (Lipinski definition) is 2. The molecule has 0 bridgehead atoms. The number of esters is 1. The van der Waals surface area contributed by atoms with Crippen LogP contribution in [0.1, 0.15) is 35.6 Å². The molecule has 120 valence electrons. The highest BCUT2D eigenvalue weighted by Crippen LogP contribution is 2.24. The average Bonchev–Trinajstić information content (AvgIpc) is 2.65. The molecule has 1 aromatic heterocycles. The van der Waals surface area contributed by atoms with Gasteiger partial charge in [0.1, 0.15) is 10.6 Å². The van der Waals surface area contributed by atoms with Crippen molar-refractivity contribution in [1.29, 1.82) is 0 Å². The van der Waals surface area contributed by atoms with Crippen molar-refractivity contribution in [2.75, 3.05) is 18.6 Å². The van der Waals surface area contributed by atoms with Crippen molar-refractivity contribution in [3.8, 4) is 0 Å². The summed E-state index contributed by atoms with van der Waals surface area (Å²) in [5.74, 6) is 0.128. The van der Waals surface area contributed by atoms with Gasteiger partial charge in [-0.2, -0.15) is 11.8 Å². The third-order valence-electron chi connectivity index (χ3n) is 2.89. The van der Waals surface area contributed by atoms with Crippen molar-refractivity contribution in [2.24, 2.45) is 0 Å². The van der Waals surface area contributed by atoms with Crippen molar-refractivity contribution in [1.82, 2.24) is 9.71 Å². The number of aromatic nitrogens is 1. The molecule has 0 saturated carbocycles. The van der Waals surface area contributed by atoms with Gasteiger partial charge in [0.05, 0.1) is 6.61 Å². The maximum absolute atomic E-state index is 12.5. The van der Waals surface area contributed by atoms with Crippen LogP contribution in [0.4, 0.5) is 0 Å². The minimum Gasteiger partial charge on any atom is -0.461 e. The highest BCUT2D eigenvalue weighted by atomic mass is 32.2.